The minimum atomic E-state index is 0.841. The molecular weight excluding hydrogens is 288 g/mol. The van der Waals surface area contributed by atoms with Crippen molar-refractivity contribution in [2.45, 2.75) is 96.8 Å². The fourth-order valence-electron chi connectivity index (χ4n) is 5.33. The maximum absolute atomic E-state index is 2.43. The molecule has 0 aromatic heterocycles. The van der Waals surface area contributed by atoms with Crippen LogP contribution in [0.5, 0.6) is 0 Å². The Hall–Kier alpha value is -0.780. The first-order chi connectivity index (χ1) is 11.8. The highest BCUT2D eigenvalue weighted by Crippen LogP contribution is 2.44. The normalized spacial score (nSPS) is 31.1. The van der Waals surface area contributed by atoms with Crippen molar-refractivity contribution in [3.05, 3.63) is 35.4 Å². The molecule has 2 aliphatic rings. The predicted molar refractivity (Wildman–Crippen MR) is 105 cm³/mol. The Labute approximate surface area is 150 Å². The Kier molecular flexibility index (Phi) is 6.81. The van der Waals surface area contributed by atoms with Crippen LogP contribution in [0.2, 0.25) is 0 Å². The van der Waals surface area contributed by atoms with E-state index in [2.05, 4.69) is 38.1 Å². The zero-order chi connectivity index (χ0) is 16.8. The van der Waals surface area contributed by atoms with Crippen molar-refractivity contribution in [2.24, 2.45) is 17.8 Å². The van der Waals surface area contributed by atoms with Crippen molar-refractivity contribution in [1.29, 1.82) is 0 Å². The first kappa shape index (κ1) is 18.0. The summed E-state index contributed by atoms with van der Waals surface area (Å²) < 4.78 is 0. The van der Waals surface area contributed by atoms with Crippen LogP contribution < -0.4 is 0 Å². The van der Waals surface area contributed by atoms with E-state index in [4.69, 9.17) is 0 Å². The summed E-state index contributed by atoms with van der Waals surface area (Å²) in [6.07, 6.45) is 17.2. The Morgan fingerprint density at radius 3 is 1.88 bits per heavy atom. The molecule has 0 bridgehead atoms. The molecule has 1 aromatic carbocycles. The van der Waals surface area contributed by atoms with Gasteiger partial charge in [-0.3, -0.25) is 0 Å². The summed E-state index contributed by atoms with van der Waals surface area (Å²) in [7, 11) is 0. The van der Waals surface area contributed by atoms with Gasteiger partial charge in [0.15, 0.2) is 0 Å². The van der Waals surface area contributed by atoms with Gasteiger partial charge in [0.1, 0.15) is 0 Å². The molecule has 0 radical (unpaired) electrons. The molecule has 3 rings (SSSR count). The van der Waals surface area contributed by atoms with E-state index >= 15 is 0 Å². The van der Waals surface area contributed by atoms with E-state index < -0.39 is 0 Å². The summed E-state index contributed by atoms with van der Waals surface area (Å²) >= 11 is 0. The zero-order valence-electron chi connectivity index (χ0n) is 16.1. The van der Waals surface area contributed by atoms with Crippen LogP contribution in [0.1, 0.15) is 102 Å². The molecule has 0 heterocycles. The van der Waals surface area contributed by atoms with E-state index in [1.54, 1.807) is 5.56 Å². The lowest BCUT2D eigenvalue weighted by Crippen LogP contribution is -2.25. The average Bonchev–Trinajstić information content (AvgIpc) is 2.67. The second-order valence-corrected chi connectivity index (χ2v) is 8.65. The van der Waals surface area contributed by atoms with Crippen LogP contribution in [0.3, 0.4) is 0 Å². The van der Waals surface area contributed by atoms with E-state index in [9.17, 15) is 0 Å². The summed E-state index contributed by atoms with van der Waals surface area (Å²) in [5, 5.41) is 0. The Balaban J connectivity index is 1.46. The molecule has 0 N–H and O–H groups in total. The average molecular weight is 327 g/mol. The summed E-state index contributed by atoms with van der Waals surface area (Å²) in [6, 6.07) is 9.65. The lowest BCUT2D eigenvalue weighted by molar-refractivity contribution is 0.158. The molecule has 24 heavy (non-hydrogen) atoms. The highest BCUT2D eigenvalue weighted by molar-refractivity contribution is 5.26. The van der Waals surface area contributed by atoms with Crippen molar-refractivity contribution < 1.29 is 0 Å². The van der Waals surface area contributed by atoms with Crippen LogP contribution in [0.15, 0.2) is 24.3 Å². The third-order valence-electron chi connectivity index (χ3n) is 7.18. The maximum Gasteiger partial charge on any atom is -0.0162 e. The number of unbranched alkanes of at least 4 members (excludes halogenated alkanes) is 1. The Morgan fingerprint density at radius 1 is 0.750 bits per heavy atom. The third kappa shape index (κ3) is 4.64. The molecule has 0 unspecified atom stereocenters. The van der Waals surface area contributed by atoms with Crippen molar-refractivity contribution in [3.63, 3.8) is 0 Å². The number of benzene rings is 1. The largest absolute Gasteiger partial charge is 0.0654 e. The zero-order valence-corrected chi connectivity index (χ0v) is 16.1. The minimum absolute atomic E-state index is 0.841. The van der Waals surface area contributed by atoms with Gasteiger partial charge >= 0.3 is 0 Å². The van der Waals surface area contributed by atoms with Gasteiger partial charge in [0.25, 0.3) is 0 Å². The lowest BCUT2D eigenvalue weighted by atomic mass is 9.68. The van der Waals surface area contributed by atoms with Gasteiger partial charge in [-0.25, -0.2) is 0 Å². The molecule has 1 aromatic rings. The standard InChI is InChI=1S/C24H38/c1-3-5-6-20-9-13-22(14-10-20)24-17-15-23(16-18-24)21-11-7-19(4-2)8-12-21/h9-10,13-14,19,21,23-24H,3-8,11-12,15-18H2,1-2H3. The van der Waals surface area contributed by atoms with Crippen LogP contribution in [-0.2, 0) is 6.42 Å². The van der Waals surface area contributed by atoms with Gasteiger partial charge in [-0.2, -0.15) is 0 Å². The van der Waals surface area contributed by atoms with Crippen molar-refractivity contribution >= 4 is 0 Å². The topological polar surface area (TPSA) is 0 Å². The highest BCUT2D eigenvalue weighted by Gasteiger charge is 2.30. The molecule has 0 saturated heterocycles. The van der Waals surface area contributed by atoms with Gasteiger partial charge < -0.3 is 0 Å². The van der Waals surface area contributed by atoms with Gasteiger partial charge in [-0.1, -0.05) is 63.8 Å². The van der Waals surface area contributed by atoms with E-state index in [0.29, 0.717) is 0 Å². The molecule has 0 aliphatic heterocycles. The first-order valence-electron chi connectivity index (χ1n) is 10.9. The van der Waals surface area contributed by atoms with Crippen molar-refractivity contribution in [3.8, 4) is 0 Å². The number of rotatable bonds is 6. The molecule has 2 aliphatic carbocycles. The minimum Gasteiger partial charge on any atom is -0.0654 e. The SMILES string of the molecule is CCCCc1ccc(C2CCC(C3CCC(CC)CC3)CC2)cc1. The van der Waals surface area contributed by atoms with Crippen LogP contribution >= 0.6 is 0 Å². The van der Waals surface area contributed by atoms with E-state index in [0.717, 1.165) is 23.7 Å². The summed E-state index contributed by atoms with van der Waals surface area (Å²) in [6.45, 7) is 4.66. The number of aryl methyl sites for hydroxylation is 1. The molecule has 0 nitrogen and oxygen atoms in total. The van der Waals surface area contributed by atoms with Crippen LogP contribution in [0.4, 0.5) is 0 Å². The molecule has 0 heteroatoms. The summed E-state index contributed by atoms with van der Waals surface area (Å²) in [4.78, 5) is 0. The molecule has 0 amide bonds. The Bertz CT molecular complexity index is 455. The van der Waals surface area contributed by atoms with E-state index in [-0.39, 0.29) is 0 Å². The smallest absolute Gasteiger partial charge is 0.0162 e. The maximum atomic E-state index is 2.43. The fraction of sp³-hybridized carbons (Fsp3) is 0.750. The number of hydrogen-bond acceptors (Lipinski definition) is 0. The highest BCUT2D eigenvalue weighted by atomic mass is 14.4. The third-order valence-corrected chi connectivity index (χ3v) is 7.18. The molecule has 0 spiro atoms. The van der Waals surface area contributed by atoms with Crippen molar-refractivity contribution in [1.82, 2.24) is 0 Å². The van der Waals surface area contributed by atoms with E-state index in [1.807, 2.05) is 0 Å². The van der Waals surface area contributed by atoms with Gasteiger partial charge in [0.2, 0.25) is 0 Å². The predicted octanol–water partition coefficient (Wildman–Crippen LogP) is 7.52. The summed E-state index contributed by atoms with van der Waals surface area (Å²) in [5.41, 5.74) is 3.14. The second kappa shape index (κ2) is 9.07. The molecule has 2 saturated carbocycles. The van der Waals surface area contributed by atoms with Crippen LogP contribution in [0, 0.1) is 17.8 Å². The van der Waals surface area contributed by atoms with Gasteiger partial charge in [0.05, 0.1) is 0 Å². The van der Waals surface area contributed by atoms with Crippen LogP contribution in [0.25, 0.3) is 0 Å². The lowest BCUT2D eigenvalue weighted by Gasteiger charge is -2.38. The second-order valence-electron chi connectivity index (χ2n) is 8.65. The van der Waals surface area contributed by atoms with Gasteiger partial charge in [0, 0.05) is 0 Å². The summed E-state index contributed by atoms with van der Waals surface area (Å²) in [5.74, 6) is 3.99. The molecule has 134 valence electrons. The van der Waals surface area contributed by atoms with Gasteiger partial charge in [-0.15, -0.1) is 0 Å². The number of hydrogen-bond donors (Lipinski definition) is 0. The van der Waals surface area contributed by atoms with E-state index in [1.165, 1.54) is 82.6 Å². The quantitative estimate of drug-likeness (QED) is 0.507. The first-order valence-corrected chi connectivity index (χ1v) is 10.9. The van der Waals surface area contributed by atoms with Gasteiger partial charge in [-0.05, 0) is 86.2 Å². The fourth-order valence-corrected chi connectivity index (χ4v) is 5.33. The molecule has 2 fully saturated rings. The van der Waals surface area contributed by atoms with Crippen molar-refractivity contribution in [2.75, 3.05) is 0 Å². The monoisotopic (exact) mass is 326 g/mol. The molecule has 0 atom stereocenters. The van der Waals surface area contributed by atoms with Crippen LogP contribution in [-0.4, -0.2) is 0 Å². The Morgan fingerprint density at radius 2 is 1.33 bits per heavy atom. The molecular formula is C24H38.